The van der Waals surface area contributed by atoms with E-state index in [1.165, 1.54) is 30.3 Å². The third-order valence-electron chi connectivity index (χ3n) is 3.82. The number of amides is 2. The van der Waals surface area contributed by atoms with Crippen molar-refractivity contribution in [1.82, 2.24) is 20.8 Å². The number of aromatic nitrogens is 2. The van der Waals surface area contributed by atoms with Crippen LogP contribution in [0.2, 0.25) is 0 Å². The molecule has 0 unspecified atom stereocenters. The lowest BCUT2D eigenvalue weighted by Crippen LogP contribution is -2.32. The average molecular weight is 429 g/mol. The Labute approximate surface area is 172 Å². The minimum absolute atomic E-state index is 0.0844. The summed E-state index contributed by atoms with van der Waals surface area (Å²) in [6, 6.07) is 9.71. The largest absolute Gasteiger partial charge is 0.356 e. The predicted octanol–water partition coefficient (Wildman–Crippen LogP) is 2.18. The molecule has 0 atom stereocenters. The van der Waals surface area contributed by atoms with Crippen LogP contribution in [0.4, 0.5) is 26.1 Å². The van der Waals surface area contributed by atoms with Gasteiger partial charge in [0, 0.05) is 5.56 Å². The molecule has 31 heavy (non-hydrogen) atoms. The SMILES string of the molecule is O=C(NNc1ncnc(NNC(=O)c2ccccc2F)c1[N+](=O)[O-])c1ccc(F)cc1. The Morgan fingerprint density at radius 1 is 0.871 bits per heavy atom. The molecule has 0 radical (unpaired) electrons. The van der Waals surface area contributed by atoms with E-state index in [1.807, 2.05) is 0 Å². The minimum Gasteiger partial charge on any atom is -0.276 e. The number of hydrogen-bond donors (Lipinski definition) is 4. The first-order valence-corrected chi connectivity index (χ1v) is 8.49. The van der Waals surface area contributed by atoms with E-state index >= 15 is 0 Å². The Balaban J connectivity index is 1.74. The van der Waals surface area contributed by atoms with Crippen molar-refractivity contribution in [3.8, 4) is 0 Å². The van der Waals surface area contributed by atoms with Crippen molar-refractivity contribution in [2.45, 2.75) is 0 Å². The summed E-state index contributed by atoms with van der Waals surface area (Å²) in [5.74, 6) is -3.77. The molecule has 3 rings (SSSR count). The van der Waals surface area contributed by atoms with Crippen LogP contribution in [0, 0.1) is 21.7 Å². The van der Waals surface area contributed by atoms with Gasteiger partial charge in [0.05, 0.1) is 10.5 Å². The van der Waals surface area contributed by atoms with Gasteiger partial charge in [0.25, 0.3) is 11.8 Å². The Morgan fingerprint density at radius 2 is 1.45 bits per heavy atom. The summed E-state index contributed by atoms with van der Waals surface area (Å²) in [7, 11) is 0. The van der Waals surface area contributed by atoms with Crippen LogP contribution in [0.5, 0.6) is 0 Å². The number of rotatable bonds is 7. The van der Waals surface area contributed by atoms with Crippen LogP contribution >= 0.6 is 0 Å². The number of nitro groups is 1. The van der Waals surface area contributed by atoms with Crippen molar-refractivity contribution in [2.75, 3.05) is 10.9 Å². The monoisotopic (exact) mass is 429 g/mol. The highest BCUT2D eigenvalue weighted by atomic mass is 19.1. The summed E-state index contributed by atoms with van der Waals surface area (Å²) in [5.41, 5.74) is 7.87. The van der Waals surface area contributed by atoms with Gasteiger partial charge in [-0.2, -0.15) is 0 Å². The van der Waals surface area contributed by atoms with Gasteiger partial charge < -0.3 is 0 Å². The summed E-state index contributed by atoms with van der Waals surface area (Å²) in [4.78, 5) is 42.1. The molecule has 3 aromatic rings. The Bertz CT molecular complexity index is 1140. The molecule has 1 aromatic heterocycles. The van der Waals surface area contributed by atoms with E-state index in [9.17, 15) is 28.5 Å². The molecule has 0 aliphatic rings. The fraction of sp³-hybridized carbons (Fsp3) is 0. The van der Waals surface area contributed by atoms with E-state index in [-0.39, 0.29) is 11.1 Å². The molecular formula is C18H13F2N7O4. The van der Waals surface area contributed by atoms with Gasteiger partial charge in [0.1, 0.15) is 18.0 Å². The third kappa shape index (κ3) is 5.03. The second kappa shape index (κ2) is 9.21. The molecule has 0 aliphatic heterocycles. The predicted molar refractivity (Wildman–Crippen MR) is 104 cm³/mol. The van der Waals surface area contributed by atoms with Crippen LogP contribution in [-0.2, 0) is 0 Å². The zero-order chi connectivity index (χ0) is 22.4. The third-order valence-corrected chi connectivity index (χ3v) is 3.82. The van der Waals surface area contributed by atoms with Crippen LogP contribution in [0.15, 0.2) is 54.9 Å². The van der Waals surface area contributed by atoms with Crippen molar-refractivity contribution in [1.29, 1.82) is 0 Å². The van der Waals surface area contributed by atoms with Crippen molar-refractivity contribution >= 4 is 29.1 Å². The van der Waals surface area contributed by atoms with Crippen LogP contribution in [0.25, 0.3) is 0 Å². The topological polar surface area (TPSA) is 151 Å². The molecule has 0 spiro atoms. The number of anilines is 2. The zero-order valence-corrected chi connectivity index (χ0v) is 15.4. The summed E-state index contributed by atoms with van der Waals surface area (Å²) in [6.45, 7) is 0. The van der Waals surface area contributed by atoms with E-state index in [1.54, 1.807) is 0 Å². The van der Waals surface area contributed by atoms with Gasteiger partial charge >= 0.3 is 5.69 Å². The molecule has 13 heteroatoms. The summed E-state index contributed by atoms with van der Waals surface area (Å²) >= 11 is 0. The Kier molecular flexibility index (Phi) is 6.25. The lowest BCUT2D eigenvalue weighted by atomic mass is 10.2. The van der Waals surface area contributed by atoms with E-state index in [0.29, 0.717) is 0 Å². The van der Waals surface area contributed by atoms with E-state index in [0.717, 1.165) is 24.5 Å². The zero-order valence-electron chi connectivity index (χ0n) is 15.4. The second-order valence-electron chi connectivity index (χ2n) is 5.82. The van der Waals surface area contributed by atoms with E-state index in [4.69, 9.17) is 0 Å². The number of nitrogens with zero attached hydrogens (tertiary/aromatic N) is 3. The normalized spacial score (nSPS) is 10.1. The van der Waals surface area contributed by atoms with Gasteiger partial charge in [-0.1, -0.05) is 12.1 Å². The van der Waals surface area contributed by atoms with Crippen LogP contribution in [0.1, 0.15) is 20.7 Å². The molecular weight excluding hydrogens is 416 g/mol. The Hall–Kier alpha value is -4.68. The summed E-state index contributed by atoms with van der Waals surface area (Å²) in [6.07, 6.45) is 0.928. The maximum atomic E-state index is 13.7. The number of carbonyl (C=O) groups excluding carboxylic acids is 2. The fourth-order valence-electron chi connectivity index (χ4n) is 2.35. The lowest BCUT2D eigenvalue weighted by molar-refractivity contribution is -0.383. The molecule has 0 bridgehead atoms. The van der Waals surface area contributed by atoms with Crippen molar-refractivity contribution in [2.24, 2.45) is 0 Å². The highest BCUT2D eigenvalue weighted by Crippen LogP contribution is 2.27. The van der Waals surface area contributed by atoms with Crippen LogP contribution < -0.4 is 21.7 Å². The average Bonchev–Trinajstić information content (AvgIpc) is 2.76. The highest BCUT2D eigenvalue weighted by Gasteiger charge is 2.24. The minimum atomic E-state index is -0.898. The smallest absolute Gasteiger partial charge is 0.276 e. The van der Waals surface area contributed by atoms with E-state index < -0.39 is 45.7 Å². The van der Waals surface area contributed by atoms with Crippen molar-refractivity contribution in [3.63, 3.8) is 0 Å². The molecule has 0 saturated heterocycles. The van der Waals surface area contributed by atoms with Gasteiger partial charge in [-0.15, -0.1) is 0 Å². The number of carbonyl (C=O) groups is 2. The van der Waals surface area contributed by atoms with Crippen molar-refractivity contribution < 1.29 is 23.3 Å². The molecule has 11 nitrogen and oxygen atoms in total. The van der Waals surface area contributed by atoms with Gasteiger partial charge in [0.15, 0.2) is 0 Å². The first kappa shape index (κ1) is 21.0. The molecule has 2 amide bonds. The first-order chi connectivity index (χ1) is 14.9. The van der Waals surface area contributed by atoms with E-state index in [2.05, 4.69) is 31.7 Å². The molecule has 2 aromatic carbocycles. The molecule has 4 N–H and O–H groups in total. The van der Waals surface area contributed by atoms with Crippen molar-refractivity contribution in [3.05, 3.63) is 87.7 Å². The Morgan fingerprint density at radius 3 is 2.03 bits per heavy atom. The maximum absolute atomic E-state index is 13.7. The number of nitrogens with one attached hydrogen (secondary N) is 4. The van der Waals surface area contributed by atoms with Gasteiger partial charge in [-0.25, -0.2) is 18.7 Å². The highest BCUT2D eigenvalue weighted by molar-refractivity contribution is 5.96. The van der Waals surface area contributed by atoms with Crippen LogP contribution in [-0.4, -0.2) is 26.7 Å². The molecule has 0 fully saturated rings. The quantitative estimate of drug-likeness (QED) is 0.330. The standard InChI is InChI=1S/C18H13F2N7O4/c19-11-7-5-10(6-8-11)17(28)25-23-15-14(27(30)31)16(22-9-21-15)24-26-18(29)12-3-1-2-4-13(12)20/h1-9H,(H,25,28)(H,26,29)(H2,21,22,23,24). The molecule has 0 aliphatic carbocycles. The summed E-state index contributed by atoms with van der Waals surface area (Å²) in [5, 5.41) is 11.5. The van der Waals surface area contributed by atoms with Gasteiger partial charge in [-0.05, 0) is 36.4 Å². The number of halogens is 2. The summed E-state index contributed by atoms with van der Waals surface area (Å²) < 4.78 is 26.6. The molecule has 0 saturated carbocycles. The lowest BCUT2D eigenvalue weighted by Gasteiger charge is -2.11. The number of hydrazine groups is 2. The van der Waals surface area contributed by atoms with Crippen LogP contribution in [0.3, 0.4) is 0 Å². The second-order valence-corrected chi connectivity index (χ2v) is 5.82. The number of hydrogen-bond acceptors (Lipinski definition) is 8. The van der Waals surface area contributed by atoms with Gasteiger partial charge in [-0.3, -0.25) is 41.4 Å². The maximum Gasteiger partial charge on any atom is 0.356 e. The number of benzene rings is 2. The van der Waals surface area contributed by atoms with Gasteiger partial charge in [0.2, 0.25) is 11.6 Å². The first-order valence-electron chi connectivity index (χ1n) is 8.49. The molecule has 1 heterocycles. The molecule has 158 valence electrons. The fourth-order valence-corrected chi connectivity index (χ4v) is 2.35.